The van der Waals surface area contributed by atoms with Crippen LogP contribution in [0.2, 0.25) is 0 Å². The molecule has 0 saturated carbocycles. The summed E-state index contributed by atoms with van der Waals surface area (Å²) in [5.74, 6) is -1.74. The second-order valence-electron chi connectivity index (χ2n) is 10.4. The van der Waals surface area contributed by atoms with Crippen LogP contribution in [0.25, 0.3) is 21.3 Å². The standard InChI is InChI=1S/C25H27BrF3N9O2/c1-39-22-17-21(19(28)18(26)20(22)29)32-24(40-13-25-4-2-6-37(25)11-14(27)9-25)33-23(17)36-5-3-7-38-16(12-36)8-15(34-38)10-31-35-30/h8,14H,2-7,9-13H2,1H3/t14-,25+/m1/s1. The largest absolute Gasteiger partial charge is 0.493 e. The molecule has 15 heteroatoms. The Kier molecular flexibility index (Phi) is 7.13. The molecular formula is C25H27BrF3N9O2. The fraction of sp³-hybridized carbons (Fsp3) is 0.560. The summed E-state index contributed by atoms with van der Waals surface area (Å²) in [6.07, 6.45) is 1.84. The lowest BCUT2D eigenvalue weighted by molar-refractivity contribution is 0.107. The van der Waals surface area contributed by atoms with Gasteiger partial charge in [-0.3, -0.25) is 9.58 Å². The van der Waals surface area contributed by atoms with Gasteiger partial charge in [0.15, 0.2) is 17.4 Å². The van der Waals surface area contributed by atoms with E-state index in [1.54, 1.807) is 0 Å². The highest BCUT2D eigenvalue weighted by Gasteiger charge is 2.49. The maximum absolute atomic E-state index is 15.5. The van der Waals surface area contributed by atoms with Gasteiger partial charge in [-0.2, -0.15) is 15.1 Å². The molecule has 11 nitrogen and oxygen atoms in total. The average molecular weight is 622 g/mol. The summed E-state index contributed by atoms with van der Waals surface area (Å²) < 4.78 is 58.0. The van der Waals surface area contributed by atoms with E-state index in [1.807, 2.05) is 15.6 Å². The minimum absolute atomic E-state index is 0.0766. The first kappa shape index (κ1) is 26.9. The van der Waals surface area contributed by atoms with Gasteiger partial charge in [-0.15, -0.1) is 0 Å². The Balaban J connectivity index is 1.42. The van der Waals surface area contributed by atoms with Crippen molar-refractivity contribution in [3.05, 3.63) is 44.0 Å². The molecule has 0 bridgehead atoms. The lowest BCUT2D eigenvalue weighted by Crippen LogP contribution is -2.43. The van der Waals surface area contributed by atoms with Gasteiger partial charge in [0, 0.05) is 31.0 Å². The number of methoxy groups -OCH3 is 1. The first-order valence-corrected chi connectivity index (χ1v) is 13.9. The molecule has 5 heterocycles. The van der Waals surface area contributed by atoms with E-state index in [4.69, 9.17) is 15.0 Å². The highest BCUT2D eigenvalue weighted by Crippen LogP contribution is 2.43. The van der Waals surface area contributed by atoms with Gasteiger partial charge in [0.25, 0.3) is 0 Å². The first-order valence-electron chi connectivity index (χ1n) is 13.1. The van der Waals surface area contributed by atoms with Crippen molar-refractivity contribution in [3.63, 3.8) is 0 Å². The summed E-state index contributed by atoms with van der Waals surface area (Å²) in [6, 6.07) is 1.76. The number of hydrogen-bond donors (Lipinski definition) is 0. The number of anilines is 1. The zero-order valence-corrected chi connectivity index (χ0v) is 23.4. The summed E-state index contributed by atoms with van der Waals surface area (Å²) in [5, 5.41) is 8.20. The molecule has 2 atom stereocenters. The predicted octanol–water partition coefficient (Wildman–Crippen LogP) is 5.05. The molecule has 2 fully saturated rings. The normalized spacial score (nSPS) is 22.6. The highest BCUT2D eigenvalue weighted by atomic mass is 79.9. The van der Waals surface area contributed by atoms with Crippen LogP contribution in [0.1, 0.15) is 37.1 Å². The maximum atomic E-state index is 15.5. The maximum Gasteiger partial charge on any atom is 0.319 e. The van der Waals surface area contributed by atoms with Crippen LogP contribution in [0.5, 0.6) is 11.8 Å². The topological polar surface area (TPSA) is 117 Å². The van der Waals surface area contributed by atoms with Crippen molar-refractivity contribution in [2.45, 2.75) is 57.0 Å². The number of fused-ring (bicyclic) bond motifs is 3. The molecule has 3 aliphatic rings. The Hall–Kier alpha value is -3.29. The summed E-state index contributed by atoms with van der Waals surface area (Å²) in [7, 11) is 1.30. The molecule has 0 N–H and O–H groups in total. The molecule has 40 heavy (non-hydrogen) atoms. The van der Waals surface area contributed by atoms with Crippen LogP contribution < -0.4 is 14.4 Å². The van der Waals surface area contributed by atoms with Crippen LogP contribution >= 0.6 is 15.9 Å². The van der Waals surface area contributed by atoms with Gasteiger partial charge in [-0.05, 0) is 53.3 Å². The van der Waals surface area contributed by atoms with Crippen molar-refractivity contribution in [1.82, 2.24) is 24.6 Å². The van der Waals surface area contributed by atoms with Gasteiger partial charge in [0.05, 0.1) is 47.0 Å². The lowest BCUT2D eigenvalue weighted by Gasteiger charge is -2.31. The molecule has 6 rings (SSSR count). The number of benzene rings is 1. The molecule has 2 aromatic heterocycles. The molecule has 0 radical (unpaired) electrons. The second kappa shape index (κ2) is 10.6. The number of rotatable bonds is 7. The van der Waals surface area contributed by atoms with E-state index < -0.39 is 27.8 Å². The number of aryl methyl sites for hydroxylation is 1. The van der Waals surface area contributed by atoms with Crippen LogP contribution in [-0.2, 0) is 19.6 Å². The van der Waals surface area contributed by atoms with Crippen LogP contribution in [0.3, 0.4) is 0 Å². The van der Waals surface area contributed by atoms with Crippen molar-refractivity contribution < 1.29 is 22.6 Å². The highest BCUT2D eigenvalue weighted by molar-refractivity contribution is 9.10. The summed E-state index contributed by atoms with van der Waals surface area (Å²) in [4.78, 5) is 15.8. The van der Waals surface area contributed by atoms with E-state index in [0.29, 0.717) is 44.7 Å². The van der Waals surface area contributed by atoms with Gasteiger partial charge >= 0.3 is 6.01 Å². The summed E-state index contributed by atoms with van der Waals surface area (Å²) in [6.45, 7) is 2.87. The number of azide groups is 1. The number of alkyl halides is 1. The second-order valence-corrected chi connectivity index (χ2v) is 11.2. The van der Waals surface area contributed by atoms with Crippen LogP contribution in [0, 0.1) is 11.6 Å². The van der Waals surface area contributed by atoms with Gasteiger partial charge < -0.3 is 14.4 Å². The molecule has 1 aromatic carbocycles. The van der Waals surface area contributed by atoms with E-state index >= 15 is 8.78 Å². The zero-order chi connectivity index (χ0) is 28.0. The third kappa shape index (κ3) is 4.59. The molecule has 0 unspecified atom stereocenters. The SMILES string of the molecule is COc1c(F)c(Br)c(F)c2nc(OC[C@@]34CCCN3C[C@H](F)C4)nc(N3CCCn4nc(CN=[N+]=[N-])cc4C3)c12. The Labute approximate surface area is 236 Å². The van der Waals surface area contributed by atoms with E-state index in [-0.39, 0.29) is 41.6 Å². The Morgan fingerprint density at radius 3 is 2.88 bits per heavy atom. The van der Waals surface area contributed by atoms with Gasteiger partial charge in [0.2, 0.25) is 0 Å². The summed E-state index contributed by atoms with van der Waals surface area (Å²) >= 11 is 2.99. The quantitative estimate of drug-likeness (QED) is 0.157. The molecule has 0 spiro atoms. The van der Waals surface area contributed by atoms with Gasteiger partial charge in [0.1, 0.15) is 24.1 Å². The molecule has 212 valence electrons. The van der Waals surface area contributed by atoms with Gasteiger partial charge in [-0.1, -0.05) is 5.11 Å². The minimum atomic E-state index is -0.927. The molecule has 0 amide bonds. The van der Waals surface area contributed by atoms with E-state index in [0.717, 1.165) is 25.1 Å². The van der Waals surface area contributed by atoms with Crippen LogP contribution in [0.15, 0.2) is 15.7 Å². The number of aromatic nitrogens is 4. The fourth-order valence-corrected chi connectivity index (χ4v) is 6.59. The number of nitrogens with zero attached hydrogens (tertiary/aromatic N) is 9. The Morgan fingerprint density at radius 1 is 1.23 bits per heavy atom. The van der Waals surface area contributed by atoms with Gasteiger partial charge in [-0.25, -0.2) is 13.2 Å². The van der Waals surface area contributed by atoms with E-state index in [1.165, 1.54) is 7.11 Å². The molecule has 0 aliphatic carbocycles. The van der Waals surface area contributed by atoms with Crippen LogP contribution in [0.4, 0.5) is 19.0 Å². The number of ether oxygens (including phenoxy) is 2. The first-order chi connectivity index (χ1) is 19.3. The molecule has 3 aliphatic heterocycles. The van der Waals surface area contributed by atoms with Crippen molar-refractivity contribution in [2.24, 2.45) is 5.11 Å². The molecule has 2 saturated heterocycles. The molecular weight excluding hydrogens is 595 g/mol. The fourth-order valence-electron chi connectivity index (χ4n) is 6.22. The predicted molar refractivity (Wildman–Crippen MR) is 143 cm³/mol. The summed E-state index contributed by atoms with van der Waals surface area (Å²) in [5.41, 5.74) is 9.52. The van der Waals surface area contributed by atoms with Crippen molar-refractivity contribution in [1.29, 1.82) is 0 Å². The zero-order valence-electron chi connectivity index (χ0n) is 21.8. The van der Waals surface area contributed by atoms with Crippen molar-refractivity contribution in [3.8, 4) is 11.8 Å². The lowest BCUT2D eigenvalue weighted by atomic mass is 9.95. The van der Waals surface area contributed by atoms with Crippen molar-refractivity contribution >= 4 is 32.7 Å². The Morgan fingerprint density at radius 2 is 2.08 bits per heavy atom. The number of hydrogen-bond acceptors (Lipinski definition) is 8. The average Bonchev–Trinajstić information content (AvgIpc) is 3.56. The Bertz CT molecular complexity index is 1510. The monoisotopic (exact) mass is 621 g/mol. The van der Waals surface area contributed by atoms with E-state index in [9.17, 15) is 4.39 Å². The van der Waals surface area contributed by atoms with Crippen LogP contribution in [-0.4, -0.2) is 69.7 Å². The minimum Gasteiger partial charge on any atom is -0.493 e. The van der Waals surface area contributed by atoms with Crippen molar-refractivity contribution in [2.75, 3.05) is 38.3 Å². The number of halogens is 4. The smallest absolute Gasteiger partial charge is 0.319 e. The van der Waals surface area contributed by atoms with E-state index in [2.05, 4.69) is 45.9 Å². The third-order valence-electron chi connectivity index (χ3n) is 7.98. The third-order valence-corrected chi connectivity index (χ3v) is 8.68. The molecule has 3 aromatic rings.